The molecular formula is C7H13N2O2S3-. The fraction of sp³-hybridized carbons (Fsp3) is 0.857. The fourth-order valence-corrected chi connectivity index (χ4v) is 3.31. The molecular weight excluding hydrogens is 240 g/mol. The summed E-state index contributed by atoms with van der Waals surface area (Å²) in [4.78, 5) is 0. The SMILES string of the molecule is O=S1(=O)CCC(NCCNC(=S)[S-])C1. The number of hydrogen-bond acceptors (Lipinski definition) is 5. The van der Waals surface area contributed by atoms with Gasteiger partial charge in [0.1, 0.15) is 0 Å². The van der Waals surface area contributed by atoms with E-state index in [1.165, 1.54) is 0 Å². The van der Waals surface area contributed by atoms with Crippen molar-refractivity contribution >= 4 is 39.0 Å². The van der Waals surface area contributed by atoms with E-state index in [-0.39, 0.29) is 11.8 Å². The van der Waals surface area contributed by atoms with Gasteiger partial charge < -0.3 is 35.5 Å². The molecule has 1 unspecified atom stereocenters. The Kier molecular flexibility index (Phi) is 4.49. The first-order valence-corrected chi connectivity index (χ1v) is 7.02. The van der Waals surface area contributed by atoms with E-state index in [9.17, 15) is 8.42 Å². The number of hydrogen-bond donors (Lipinski definition) is 2. The summed E-state index contributed by atoms with van der Waals surface area (Å²) in [6.45, 7) is 1.34. The Labute approximate surface area is 95.2 Å². The van der Waals surface area contributed by atoms with Crippen LogP contribution in [0.1, 0.15) is 6.42 Å². The summed E-state index contributed by atoms with van der Waals surface area (Å²) < 4.78 is 22.5. The molecule has 0 saturated carbocycles. The molecule has 1 aliphatic rings. The van der Waals surface area contributed by atoms with Gasteiger partial charge in [0.25, 0.3) is 0 Å². The number of rotatable bonds is 4. The highest BCUT2D eigenvalue weighted by Crippen LogP contribution is 2.10. The maximum absolute atomic E-state index is 11.1. The van der Waals surface area contributed by atoms with E-state index in [0.29, 0.717) is 29.6 Å². The van der Waals surface area contributed by atoms with Crippen molar-refractivity contribution in [2.75, 3.05) is 24.6 Å². The zero-order valence-electron chi connectivity index (χ0n) is 7.65. The molecule has 0 amide bonds. The van der Waals surface area contributed by atoms with Gasteiger partial charge in [0.2, 0.25) is 0 Å². The first-order chi connectivity index (χ1) is 6.49. The van der Waals surface area contributed by atoms with Crippen molar-refractivity contribution in [1.29, 1.82) is 0 Å². The van der Waals surface area contributed by atoms with Gasteiger partial charge in [-0.25, -0.2) is 8.42 Å². The molecule has 0 spiro atoms. The largest absolute Gasteiger partial charge is 0.412 e. The normalized spacial score (nSPS) is 24.7. The van der Waals surface area contributed by atoms with Gasteiger partial charge in [0.15, 0.2) is 9.84 Å². The maximum Gasteiger partial charge on any atom is 0.151 e. The third-order valence-electron chi connectivity index (χ3n) is 2.06. The second kappa shape index (κ2) is 5.20. The van der Waals surface area contributed by atoms with E-state index < -0.39 is 9.84 Å². The minimum Gasteiger partial charge on any atom is -0.412 e. The van der Waals surface area contributed by atoms with E-state index in [1.807, 2.05) is 0 Å². The molecule has 0 aromatic heterocycles. The topological polar surface area (TPSA) is 58.2 Å². The van der Waals surface area contributed by atoms with Crippen LogP contribution < -0.4 is 10.6 Å². The highest BCUT2D eigenvalue weighted by molar-refractivity contribution is 8.00. The molecule has 1 rings (SSSR count). The Morgan fingerprint density at radius 2 is 2.21 bits per heavy atom. The van der Waals surface area contributed by atoms with Crippen LogP contribution in [0, 0.1) is 0 Å². The Balaban J connectivity index is 2.12. The van der Waals surface area contributed by atoms with Gasteiger partial charge >= 0.3 is 0 Å². The number of sulfone groups is 1. The molecule has 4 nitrogen and oxygen atoms in total. The van der Waals surface area contributed by atoms with Gasteiger partial charge in [-0.05, 0) is 6.42 Å². The minimum atomic E-state index is -2.78. The lowest BCUT2D eigenvalue weighted by atomic mass is 10.3. The van der Waals surface area contributed by atoms with Crippen LogP contribution in [0.5, 0.6) is 0 Å². The van der Waals surface area contributed by atoms with Gasteiger partial charge in [0.05, 0.1) is 11.5 Å². The first-order valence-electron chi connectivity index (χ1n) is 4.38. The summed E-state index contributed by atoms with van der Waals surface area (Å²) in [6, 6.07) is 0.0977. The monoisotopic (exact) mass is 253 g/mol. The molecule has 0 bridgehead atoms. The van der Waals surface area contributed by atoms with Crippen molar-refractivity contribution in [3.05, 3.63) is 0 Å². The molecule has 7 heteroatoms. The summed E-state index contributed by atoms with van der Waals surface area (Å²) in [7, 11) is -2.78. The third kappa shape index (κ3) is 4.50. The molecule has 82 valence electrons. The van der Waals surface area contributed by atoms with Crippen molar-refractivity contribution in [3.8, 4) is 0 Å². The molecule has 1 saturated heterocycles. The quantitative estimate of drug-likeness (QED) is 0.388. The highest BCUT2D eigenvalue weighted by atomic mass is 32.2. The molecule has 1 aliphatic heterocycles. The summed E-state index contributed by atoms with van der Waals surface area (Å²) in [5.74, 6) is 0.558. The standard InChI is InChI=1S/C7H14N2O2S3/c10-14(11)4-1-6(5-14)8-2-3-9-7(12)13/h6,8H,1-5H2,(H2,9,12,13)/p-1. The summed E-state index contributed by atoms with van der Waals surface area (Å²) in [5.41, 5.74) is 0. The molecule has 1 fully saturated rings. The smallest absolute Gasteiger partial charge is 0.151 e. The van der Waals surface area contributed by atoms with Crippen LogP contribution in [-0.2, 0) is 22.5 Å². The molecule has 0 aromatic rings. The van der Waals surface area contributed by atoms with Crippen LogP contribution in [0.15, 0.2) is 0 Å². The third-order valence-corrected chi connectivity index (χ3v) is 4.12. The molecule has 2 N–H and O–H groups in total. The van der Waals surface area contributed by atoms with E-state index in [1.54, 1.807) is 0 Å². The summed E-state index contributed by atoms with van der Waals surface area (Å²) in [6.07, 6.45) is 0.709. The van der Waals surface area contributed by atoms with Crippen molar-refractivity contribution in [2.45, 2.75) is 12.5 Å². The lowest BCUT2D eigenvalue weighted by molar-refractivity contribution is 0.554. The Morgan fingerprint density at radius 1 is 1.50 bits per heavy atom. The highest BCUT2D eigenvalue weighted by Gasteiger charge is 2.26. The van der Waals surface area contributed by atoms with Gasteiger partial charge in [-0.2, -0.15) is 0 Å². The van der Waals surface area contributed by atoms with E-state index in [4.69, 9.17) is 0 Å². The Bertz CT molecular complexity index is 302. The van der Waals surface area contributed by atoms with E-state index >= 15 is 0 Å². The molecule has 14 heavy (non-hydrogen) atoms. The van der Waals surface area contributed by atoms with Crippen LogP contribution in [0.4, 0.5) is 0 Å². The summed E-state index contributed by atoms with van der Waals surface area (Å²) >= 11 is 9.32. The lowest BCUT2D eigenvalue weighted by Gasteiger charge is -2.13. The minimum absolute atomic E-state index is 0.0977. The second-order valence-electron chi connectivity index (χ2n) is 3.27. The maximum atomic E-state index is 11.1. The van der Waals surface area contributed by atoms with Crippen LogP contribution in [0.2, 0.25) is 0 Å². The second-order valence-corrected chi connectivity index (χ2v) is 6.57. The van der Waals surface area contributed by atoms with Gasteiger partial charge in [0, 0.05) is 19.1 Å². The zero-order valence-corrected chi connectivity index (χ0v) is 10.1. The van der Waals surface area contributed by atoms with Crippen molar-refractivity contribution < 1.29 is 8.42 Å². The summed E-state index contributed by atoms with van der Waals surface area (Å²) in [5, 5.41) is 5.97. The molecule has 1 heterocycles. The van der Waals surface area contributed by atoms with Crippen LogP contribution in [0.25, 0.3) is 0 Å². The van der Waals surface area contributed by atoms with Gasteiger partial charge in [-0.3, -0.25) is 0 Å². The molecule has 1 atom stereocenters. The van der Waals surface area contributed by atoms with E-state index in [0.717, 1.165) is 0 Å². The van der Waals surface area contributed by atoms with Crippen molar-refractivity contribution in [1.82, 2.24) is 10.6 Å². The van der Waals surface area contributed by atoms with Gasteiger partial charge in [-0.1, -0.05) is 4.32 Å². The van der Waals surface area contributed by atoms with Gasteiger partial charge in [-0.15, -0.1) is 0 Å². The van der Waals surface area contributed by atoms with Crippen LogP contribution in [0.3, 0.4) is 0 Å². The first kappa shape index (κ1) is 12.1. The van der Waals surface area contributed by atoms with E-state index in [2.05, 4.69) is 35.5 Å². The molecule has 0 aliphatic carbocycles. The zero-order chi connectivity index (χ0) is 10.6. The number of thiocarbonyl (C=S) groups is 1. The Hall–Kier alpha value is 0.0200. The fourth-order valence-electron chi connectivity index (χ4n) is 1.40. The molecule has 0 aromatic carbocycles. The molecule has 0 radical (unpaired) electrons. The average Bonchev–Trinajstić information content (AvgIpc) is 2.39. The lowest BCUT2D eigenvalue weighted by Crippen LogP contribution is -2.36. The van der Waals surface area contributed by atoms with Crippen LogP contribution >= 0.6 is 12.2 Å². The van der Waals surface area contributed by atoms with Crippen molar-refractivity contribution in [3.63, 3.8) is 0 Å². The van der Waals surface area contributed by atoms with Crippen molar-refractivity contribution in [2.24, 2.45) is 0 Å². The average molecular weight is 253 g/mol. The predicted octanol–water partition coefficient (Wildman–Crippen LogP) is -0.815. The predicted molar refractivity (Wildman–Crippen MR) is 63.0 cm³/mol. The Morgan fingerprint density at radius 3 is 2.71 bits per heavy atom. The van der Waals surface area contributed by atoms with Crippen LogP contribution in [-0.4, -0.2) is 43.4 Å². The number of nitrogens with one attached hydrogen (secondary N) is 2.